The van der Waals surface area contributed by atoms with Crippen LogP contribution in [-0.4, -0.2) is 11.7 Å². The van der Waals surface area contributed by atoms with Gasteiger partial charge in [-0.3, -0.25) is 9.59 Å². The number of hydrogen-bond donors (Lipinski definition) is 2. The molecule has 1 amide bonds. The van der Waals surface area contributed by atoms with Gasteiger partial charge < -0.3 is 15.8 Å². The minimum Gasteiger partial charge on any atom is -0.455 e. The van der Waals surface area contributed by atoms with Crippen molar-refractivity contribution >= 4 is 23.1 Å². The summed E-state index contributed by atoms with van der Waals surface area (Å²) in [6.07, 6.45) is 0. The Balaban J connectivity index is 2.28. The first-order valence-corrected chi connectivity index (χ1v) is 6.42. The second kappa shape index (κ2) is 6.09. The van der Waals surface area contributed by atoms with E-state index in [2.05, 4.69) is 5.32 Å². The zero-order valence-corrected chi connectivity index (χ0v) is 11.8. The number of ketones is 1. The SMILES string of the molecule is CC(=O)Nc1ccccc1Oc1ccc(C(C)=O)c(N)c1. The third kappa shape index (κ3) is 3.60. The number of carbonyl (C=O) groups excluding carboxylic acids is 2. The van der Waals surface area contributed by atoms with Crippen LogP contribution in [0.5, 0.6) is 11.5 Å². The molecule has 0 spiro atoms. The van der Waals surface area contributed by atoms with Crippen LogP contribution >= 0.6 is 0 Å². The molecule has 0 aromatic heterocycles. The van der Waals surface area contributed by atoms with Gasteiger partial charge in [0.1, 0.15) is 5.75 Å². The predicted molar refractivity (Wildman–Crippen MR) is 81.7 cm³/mol. The summed E-state index contributed by atoms with van der Waals surface area (Å²) in [4.78, 5) is 22.5. The van der Waals surface area contributed by atoms with Crippen molar-refractivity contribution in [3.8, 4) is 11.5 Å². The van der Waals surface area contributed by atoms with Crippen LogP contribution in [0.1, 0.15) is 24.2 Å². The third-order valence-electron chi connectivity index (χ3n) is 2.83. The largest absolute Gasteiger partial charge is 0.455 e. The number of benzene rings is 2. The van der Waals surface area contributed by atoms with E-state index in [1.807, 2.05) is 0 Å². The maximum atomic E-state index is 11.3. The van der Waals surface area contributed by atoms with Crippen molar-refractivity contribution in [1.29, 1.82) is 0 Å². The van der Waals surface area contributed by atoms with Gasteiger partial charge in [0.15, 0.2) is 11.5 Å². The van der Waals surface area contributed by atoms with Crippen molar-refractivity contribution in [2.75, 3.05) is 11.1 Å². The highest BCUT2D eigenvalue weighted by Gasteiger charge is 2.09. The molecule has 0 bridgehead atoms. The van der Waals surface area contributed by atoms with Gasteiger partial charge >= 0.3 is 0 Å². The maximum Gasteiger partial charge on any atom is 0.221 e. The molecule has 0 aliphatic heterocycles. The number of para-hydroxylation sites is 2. The average molecular weight is 284 g/mol. The fraction of sp³-hybridized carbons (Fsp3) is 0.125. The topological polar surface area (TPSA) is 81.4 Å². The molecule has 2 rings (SSSR count). The predicted octanol–water partition coefficient (Wildman–Crippen LogP) is 3.22. The Hall–Kier alpha value is -2.82. The van der Waals surface area contributed by atoms with E-state index in [0.29, 0.717) is 28.4 Å². The van der Waals surface area contributed by atoms with E-state index in [1.165, 1.54) is 13.8 Å². The number of amides is 1. The summed E-state index contributed by atoms with van der Waals surface area (Å²) in [5.74, 6) is 0.716. The quantitative estimate of drug-likeness (QED) is 0.667. The summed E-state index contributed by atoms with van der Waals surface area (Å²) in [6, 6.07) is 11.9. The number of nitrogen functional groups attached to an aromatic ring is 1. The number of rotatable bonds is 4. The van der Waals surface area contributed by atoms with E-state index in [4.69, 9.17) is 10.5 Å². The Labute approximate surface area is 122 Å². The van der Waals surface area contributed by atoms with E-state index >= 15 is 0 Å². The number of hydrogen-bond acceptors (Lipinski definition) is 4. The first-order valence-electron chi connectivity index (χ1n) is 6.42. The van der Waals surface area contributed by atoms with Crippen LogP contribution in [0.4, 0.5) is 11.4 Å². The van der Waals surface area contributed by atoms with Gasteiger partial charge in [-0.15, -0.1) is 0 Å². The van der Waals surface area contributed by atoms with E-state index in [0.717, 1.165) is 0 Å². The van der Waals surface area contributed by atoms with Gasteiger partial charge in [0, 0.05) is 24.2 Å². The first-order chi connectivity index (χ1) is 9.97. The lowest BCUT2D eigenvalue weighted by Crippen LogP contribution is -2.06. The van der Waals surface area contributed by atoms with Gasteiger partial charge in [-0.05, 0) is 31.2 Å². The number of ether oxygens (including phenoxy) is 1. The smallest absolute Gasteiger partial charge is 0.221 e. The van der Waals surface area contributed by atoms with Crippen LogP contribution in [-0.2, 0) is 4.79 Å². The monoisotopic (exact) mass is 284 g/mol. The van der Waals surface area contributed by atoms with Gasteiger partial charge in [0.2, 0.25) is 5.91 Å². The molecule has 5 nitrogen and oxygen atoms in total. The highest BCUT2D eigenvalue weighted by molar-refractivity contribution is 5.99. The fourth-order valence-corrected chi connectivity index (χ4v) is 1.90. The summed E-state index contributed by atoms with van der Waals surface area (Å²) in [6.45, 7) is 2.88. The van der Waals surface area contributed by atoms with E-state index in [-0.39, 0.29) is 11.7 Å². The van der Waals surface area contributed by atoms with E-state index in [1.54, 1.807) is 42.5 Å². The van der Waals surface area contributed by atoms with Crippen LogP contribution in [0.2, 0.25) is 0 Å². The van der Waals surface area contributed by atoms with Gasteiger partial charge in [-0.25, -0.2) is 0 Å². The lowest BCUT2D eigenvalue weighted by Gasteiger charge is -2.12. The van der Waals surface area contributed by atoms with Gasteiger partial charge in [-0.1, -0.05) is 12.1 Å². The second-order valence-electron chi connectivity index (χ2n) is 4.58. The lowest BCUT2D eigenvalue weighted by atomic mass is 10.1. The van der Waals surface area contributed by atoms with Crippen LogP contribution < -0.4 is 15.8 Å². The molecule has 0 saturated heterocycles. The molecule has 0 atom stereocenters. The summed E-state index contributed by atoms with van der Waals surface area (Å²) in [5.41, 5.74) is 7.21. The summed E-state index contributed by atoms with van der Waals surface area (Å²) < 4.78 is 5.72. The summed E-state index contributed by atoms with van der Waals surface area (Å²) in [5, 5.41) is 2.69. The molecule has 0 heterocycles. The van der Waals surface area contributed by atoms with Crippen LogP contribution in [0.15, 0.2) is 42.5 Å². The van der Waals surface area contributed by atoms with Crippen molar-refractivity contribution < 1.29 is 14.3 Å². The summed E-state index contributed by atoms with van der Waals surface area (Å²) >= 11 is 0. The minimum atomic E-state index is -0.183. The number of anilines is 2. The number of nitrogens with two attached hydrogens (primary N) is 1. The highest BCUT2D eigenvalue weighted by Crippen LogP contribution is 2.31. The van der Waals surface area contributed by atoms with Crippen LogP contribution in [0.3, 0.4) is 0 Å². The molecule has 5 heteroatoms. The standard InChI is InChI=1S/C16H16N2O3/c1-10(19)13-8-7-12(9-14(13)17)21-16-6-4-3-5-15(16)18-11(2)20/h3-9H,17H2,1-2H3,(H,18,20). The molecule has 0 radical (unpaired) electrons. The molecule has 2 aromatic rings. The molecule has 2 aromatic carbocycles. The molecule has 0 unspecified atom stereocenters. The maximum absolute atomic E-state index is 11.3. The zero-order valence-electron chi connectivity index (χ0n) is 11.8. The molecule has 108 valence electrons. The summed E-state index contributed by atoms with van der Waals surface area (Å²) in [7, 11) is 0. The van der Waals surface area contributed by atoms with Crippen LogP contribution in [0, 0.1) is 0 Å². The molecule has 0 aliphatic carbocycles. The van der Waals surface area contributed by atoms with Crippen molar-refractivity contribution in [3.63, 3.8) is 0 Å². The average Bonchev–Trinajstić information content (AvgIpc) is 2.40. The number of nitrogens with one attached hydrogen (secondary N) is 1. The van der Waals surface area contributed by atoms with Crippen molar-refractivity contribution in [2.45, 2.75) is 13.8 Å². The second-order valence-corrected chi connectivity index (χ2v) is 4.58. The Morgan fingerprint density at radius 3 is 2.43 bits per heavy atom. The molecular weight excluding hydrogens is 268 g/mol. The Morgan fingerprint density at radius 2 is 1.81 bits per heavy atom. The molecular formula is C16H16N2O3. The Bertz CT molecular complexity index is 696. The molecule has 0 fully saturated rings. The van der Waals surface area contributed by atoms with Crippen molar-refractivity contribution in [1.82, 2.24) is 0 Å². The Kier molecular flexibility index (Phi) is 4.23. The molecule has 0 saturated carbocycles. The Morgan fingerprint density at radius 1 is 1.10 bits per heavy atom. The number of carbonyl (C=O) groups is 2. The van der Waals surface area contributed by atoms with Crippen LogP contribution in [0.25, 0.3) is 0 Å². The highest BCUT2D eigenvalue weighted by atomic mass is 16.5. The van der Waals surface area contributed by atoms with Crippen molar-refractivity contribution in [2.24, 2.45) is 0 Å². The van der Waals surface area contributed by atoms with Gasteiger partial charge in [0.25, 0.3) is 0 Å². The van der Waals surface area contributed by atoms with E-state index in [9.17, 15) is 9.59 Å². The van der Waals surface area contributed by atoms with Crippen molar-refractivity contribution in [3.05, 3.63) is 48.0 Å². The molecule has 3 N–H and O–H groups in total. The minimum absolute atomic E-state index is 0.0994. The normalized spacial score (nSPS) is 10.0. The van der Waals surface area contributed by atoms with E-state index < -0.39 is 0 Å². The number of Topliss-reactive ketones (excluding diaryl/α,β-unsaturated/α-hetero) is 1. The molecule has 21 heavy (non-hydrogen) atoms. The van der Waals surface area contributed by atoms with Gasteiger partial charge in [-0.2, -0.15) is 0 Å². The molecule has 0 aliphatic rings. The van der Waals surface area contributed by atoms with Gasteiger partial charge in [0.05, 0.1) is 5.69 Å². The fourth-order valence-electron chi connectivity index (χ4n) is 1.90. The first kappa shape index (κ1) is 14.6. The third-order valence-corrected chi connectivity index (χ3v) is 2.83. The lowest BCUT2D eigenvalue weighted by molar-refractivity contribution is -0.114. The zero-order chi connectivity index (χ0) is 15.4.